The summed E-state index contributed by atoms with van der Waals surface area (Å²) in [5.41, 5.74) is -0.564. The first-order chi connectivity index (χ1) is 11.4. The van der Waals surface area contributed by atoms with Crippen molar-refractivity contribution in [3.8, 4) is 0 Å². The Morgan fingerprint density at radius 3 is 2.33 bits per heavy atom. The zero-order valence-corrected chi connectivity index (χ0v) is 15.7. The third-order valence-corrected chi connectivity index (χ3v) is 6.23. The number of hydrogen-bond acceptors (Lipinski definition) is 3. The molecule has 1 saturated carbocycles. The van der Waals surface area contributed by atoms with Crippen molar-refractivity contribution in [2.75, 3.05) is 26.2 Å². The van der Waals surface area contributed by atoms with Crippen molar-refractivity contribution in [2.45, 2.75) is 83.3 Å². The van der Waals surface area contributed by atoms with Gasteiger partial charge in [0.1, 0.15) is 0 Å². The van der Waals surface area contributed by atoms with E-state index in [0.717, 1.165) is 45.4 Å². The summed E-state index contributed by atoms with van der Waals surface area (Å²) in [6.07, 6.45) is 10.5. The van der Waals surface area contributed by atoms with Gasteiger partial charge < -0.3 is 14.9 Å². The lowest BCUT2D eigenvalue weighted by Crippen LogP contribution is -2.48. The van der Waals surface area contributed by atoms with Crippen LogP contribution in [0.2, 0.25) is 0 Å². The van der Waals surface area contributed by atoms with E-state index in [1.165, 1.54) is 38.5 Å². The summed E-state index contributed by atoms with van der Waals surface area (Å²) in [6, 6.07) is 0.497. The summed E-state index contributed by atoms with van der Waals surface area (Å²) in [4.78, 5) is 17.5. The lowest BCUT2D eigenvalue weighted by Gasteiger charge is -2.41. The second-order valence-electron chi connectivity index (χ2n) is 8.96. The molecule has 4 nitrogen and oxygen atoms in total. The number of aliphatic hydroxyl groups is 1. The van der Waals surface area contributed by atoms with Crippen LogP contribution in [0.3, 0.4) is 0 Å². The maximum absolute atomic E-state index is 12.7. The van der Waals surface area contributed by atoms with Crippen LogP contribution in [0.4, 0.5) is 0 Å². The Morgan fingerprint density at radius 2 is 1.71 bits per heavy atom. The number of piperidine rings is 1. The van der Waals surface area contributed by atoms with Gasteiger partial charge in [-0.05, 0) is 77.8 Å². The van der Waals surface area contributed by atoms with Crippen molar-refractivity contribution >= 4 is 5.91 Å². The molecule has 1 atom stereocenters. The number of rotatable bonds is 5. The average Bonchev–Trinajstić information content (AvgIpc) is 3.38. The molecule has 1 N–H and O–H groups in total. The van der Waals surface area contributed by atoms with Crippen LogP contribution in [0.5, 0.6) is 0 Å². The van der Waals surface area contributed by atoms with Crippen LogP contribution in [0.1, 0.15) is 71.6 Å². The quantitative estimate of drug-likeness (QED) is 0.839. The van der Waals surface area contributed by atoms with Crippen LogP contribution in [-0.2, 0) is 4.79 Å². The molecule has 1 unspecified atom stereocenters. The van der Waals surface area contributed by atoms with E-state index in [2.05, 4.69) is 9.80 Å². The number of carbonyl (C=O) groups excluding carboxylic acids is 1. The number of carbonyl (C=O) groups is 1. The van der Waals surface area contributed by atoms with Gasteiger partial charge in [0.15, 0.2) is 0 Å². The van der Waals surface area contributed by atoms with Gasteiger partial charge in [0.05, 0.1) is 5.60 Å². The van der Waals surface area contributed by atoms with E-state index in [-0.39, 0.29) is 0 Å². The van der Waals surface area contributed by atoms with Crippen molar-refractivity contribution in [3.63, 3.8) is 0 Å². The summed E-state index contributed by atoms with van der Waals surface area (Å²) < 4.78 is 0. The van der Waals surface area contributed by atoms with Crippen LogP contribution in [0.25, 0.3) is 0 Å². The fourth-order valence-corrected chi connectivity index (χ4v) is 4.46. The van der Waals surface area contributed by atoms with Gasteiger partial charge in [0.2, 0.25) is 5.91 Å². The van der Waals surface area contributed by atoms with Gasteiger partial charge in [-0.25, -0.2) is 0 Å². The van der Waals surface area contributed by atoms with E-state index >= 15 is 0 Å². The highest BCUT2D eigenvalue weighted by Crippen LogP contribution is 2.36. The lowest BCUT2D eigenvalue weighted by atomic mass is 9.85. The van der Waals surface area contributed by atoms with E-state index in [9.17, 15) is 9.90 Å². The molecule has 0 aromatic carbocycles. The van der Waals surface area contributed by atoms with Crippen LogP contribution >= 0.6 is 0 Å². The molecule has 0 bridgehead atoms. The maximum atomic E-state index is 12.7. The molecule has 2 heterocycles. The summed E-state index contributed by atoms with van der Waals surface area (Å²) in [6.45, 7) is 8.04. The Balaban J connectivity index is 1.53. The first-order valence-corrected chi connectivity index (χ1v) is 10.2. The molecular formula is C20H36N2O2. The molecular weight excluding hydrogens is 300 g/mol. The lowest BCUT2D eigenvalue weighted by molar-refractivity contribution is -0.136. The molecule has 0 spiro atoms. The van der Waals surface area contributed by atoms with Gasteiger partial charge in [-0.15, -0.1) is 0 Å². The topological polar surface area (TPSA) is 43.8 Å². The Morgan fingerprint density at radius 1 is 1.00 bits per heavy atom. The number of likely N-dealkylation sites (tertiary alicyclic amines) is 2. The van der Waals surface area contributed by atoms with E-state index in [4.69, 9.17) is 0 Å². The van der Waals surface area contributed by atoms with Crippen molar-refractivity contribution in [1.82, 2.24) is 9.80 Å². The minimum Gasteiger partial charge on any atom is -0.390 e. The molecule has 24 heavy (non-hydrogen) atoms. The molecule has 0 aromatic heterocycles. The fourth-order valence-electron chi connectivity index (χ4n) is 4.46. The molecule has 138 valence electrons. The number of hydrogen-bond donors (Lipinski definition) is 1. The molecule has 0 aromatic rings. The zero-order chi connectivity index (χ0) is 17.2. The zero-order valence-electron chi connectivity index (χ0n) is 15.7. The third-order valence-electron chi connectivity index (χ3n) is 6.23. The van der Waals surface area contributed by atoms with Crippen LogP contribution in [-0.4, -0.2) is 58.6 Å². The molecule has 1 aliphatic carbocycles. The van der Waals surface area contributed by atoms with Crippen LogP contribution in [0, 0.1) is 11.8 Å². The maximum Gasteiger partial charge on any atom is 0.225 e. The fraction of sp³-hybridized carbons (Fsp3) is 0.950. The average molecular weight is 337 g/mol. The van der Waals surface area contributed by atoms with Gasteiger partial charge in [-0.2, -0.15) is 0 Å². The monoisotopic (exact) mass is 336 g/mol. The highest BCUT2D eigenvalue weighted by atomic mass is 16.3. The minimum absolute atomic E-state index is 0.359. The number of nitrogens with zero attached hydrogens (tertiary/aromatic N) is 2. The standard InChI is InChI=1S/C20H36N2O2/c1-20(2,24)11-15-21-13-9-16(10-14-21)18-6-4-3-5-12-22(18)19(23)17-7-8-17/h16-18,24H,3-15H2,1-2H3. The van der Waals surface area contributed by atoms with Crippen molar-refractivity contribution in [2.24, 2.45) is 11.8 Å². The summed E-state index contributed by atoms with van der Waals surface area (Å²) in [5, 5.41) is 9.92. The van der Waals surface area contributed by atoms with Gasteiger partial charge in [0.25, 0.3) is 0 Å². The predicted octanol–water partition coefficient (Wildman–Crippen LogP) is 3.04. The summed E-state index contributed by atoms with van der Waals surface area (Å²) in [7, 11) is 0. The van der Waals surface area contributed by atoms with E-state index in [0.29, 0.717) is 23.8 Å². The second kappa shape index (κ2) is 7.74. The molecule has 2 aliphatic heterocycles. The minimum atomic E-state index is -0.564. The Bertz CT molecular complexity index is 420. The highest BCUT2D eigenvalue weighted by Gasteiger charge is 2.39. The van der Waals surface area contributed by atoms with Crippen LogP contribution in [0.15, 0.2) is 0 Å². The van der Waals surface area contributed by atoms with E-state index in [1.807, 2.05) is 13.8 Å². The van der Waals surface area contributed by atoms with Gasteiger partial charge in [-0.3, -0.25) is 4.79 Å². The van der Waals surface area contributed by atoms with Crippen LogP contribution < -0.4 is 0 Å². The van der Waals surface area contributed by atoms with Crippen molar-refractivity contribution < 1.29 is 9.90 Å². The largest absolute Gasteiger partial charge is 0.390 e. The normalized spacial score (nSPS) is 28.0. The second-order valence-corrected chi connectivity index (χ2v) is 8.96. The first-order valence-electron chi connectivity index (χ1n) is 10.2. The highest BCUT2D eigenvalue weighted by molar-refractivity contribution is 5.81. The molecule has 3 aliphatic rings. The van der Waals surface area contributed by atoms with Gasteiger partial charge in [0, 0.05) is 25.0 Å². The summed E-state index contributed by atoms with van der Waals surface area (Å²) >= 11 is 0. The van der Waals surface area contributed by atoms with Gasteiger partial charge in [-0.1, -0.05) is 12.8 Å². The Labute approximate surface area is 147 Å². The SMILES string of the molecule is CC(C)(O)CCN1CCC(C2CCCCCN2C(=O)C2CC2)CC1. The van der Waals surface area contributed by atoms with Crippen molar-refractivity contribution in [3.05, 3.63) is 0 Å². The van der Waals surface area contributed by atoms with E-state index < -0.39 is 5.60 Å². The number of amides is 1. The smallest absolute Gasteiger partial charge is 0.225 e. The first kappa shape index (κ1) is 18.2. The predicted molar refractivity (Wildman–Crippen MR) is 96.8 cm³/mol. The van der Waals surface area contributed by atoms with Crippen molar-refractivity contribution in [1.29, 1.82) is 0 Å². The Hall–Kier alpha value is -0.610. The van der Waals surface area contributed by atoms with E-state index in [1.54, 1.807) is 0 Å². The molecule has 0 radical (unpaired) electrons. The molecule has 4 heteroatoms. The van der Waals surface area contributed by atoms with Gasteiger partial charge >= 0.3 is 0 Å². The Kier molecular flexibility index (Phi) is 5.86. The molecule has 2 saturated heterocycles. The third kappa shape index (κ3) is 4.95. The summed E-state index contributed by atoms with van der Waals surface area (Å²) in [5.74, 6) is 1.51. The molecule has 3 fully saturated rings. The molecule has 3 rings (SSSR count). The molecule has 1 amide bonds.